The van der Waals surface area contributed by atoms with Gasteiger partial charge in [-0.25, -0.2) is 4.79 Å². The van der Waals surface area contributed by atoms with Crippen LogP contribution >= 0.6 is 0 Å². The zero-order valence-electron chi connectivity index (χ0n) is 14.2. The molecule has 1 aliphatic rings. The number of esters is 1. The molecular formula is C18H14F3NO6. The van der Waals surface area contributed by atoms with Crippen molar-refractivity contribution >= 4 is 17.6 Å². The Hall–Kier alpha value is -3.43. The number of amides is 1. The summed E-state index contributed by atoms with van der Waals surface area (Å²) in [4.78, 5) is 23.4. The fourth-order valence-electron chi connectivity index (χ4n) is 2.26. The Labute approximate surface area is 156 Å². The molecule has 28 heavy (non-hydrogen) atoms. The summed E-state index contributed by atoms with van der Waals surface area (Å²) in [5, 5.41) is 2.51. The van der Waals surface area contributed by atoms with Gasteiger partial charge in [-0.3, -0.25) is 4.79 Å². The van der Waals surface area contributed by atoms with Gasteiger partial charge in [-0.15, -0.1) is 0 Å². The standard InChI is InChI=1S/C18H14F3NO6/c19-18(20,21)11-2-1-3-13(6-11)25-9-17(24)26-8-16(23)22-12-4-5-14-15(7-12)28-10-27-14/h1-7H,8-10H2,(H,22,23). The monoisotopic (exact) mass is 397 g/mol. The molecule has 0 atom stereocenters. The zero-order valence-corrected chi connectivity index (χ0v) is 14.2. The lowest BCUT2D eigenvalue weighted by Gasteiger charge is -2.10. The lowest BCUT2D eigenvalue weighted by atomic mass is 10.2. The summed E-state index contributed by atoms with van der Waals surface area (Å²) in [6.45, 7) is -1.13. The van der Waals surface area contributed by atoms with Crippen molar-refractivity contribution in [1.29, 1.82) is 0 Å². The highest BCUT2D eigenvalue weighted by atomic mass is 19.4. The number of hydrogen-bond acceptors (Lipinski definition) is 6. The van der Waals surface area contributed by atoms with Crippen molar-refractivity contribution in [3.63, 3.8) is 0 Å². The summed E-state index contributed by atoms with van der Waals surface area (Å²) >= 11 is 0. The average Bonchev–Trinajstić information content (AvgIpc) is 3.12. The van der Waals surface area contributed by atoms with Gasteiger partial charge >= 0.3 is 12.1 Å². The van der Waals surface area contributed by atoms with Gasteiger partial charge in [-0.1, -0.05) is 6.07 Å². The van der Waals surface area contributed by atoms with E-state index in [2.05, 4.69) is 5.32 Å². The van der Waals surface area contributed by atoms with Crippen LogP contribution in [-0.4, -0.2) is 31.9 Å². The van der Waals surface area contributed by atoms with E-state index in [1.54, 1.807) is 18.2 Å². The number of ether oxygens (including phenoxy) is 4. The summed E-state index contributed by atoms with van der Waals surface area (Å²) in [5.74, 6) is -0.624. The van der Waals surface area contributed by atoms with Crippen molar-refractivity contribution in [1.82, 2.24) is 0 Å². The minimum Gasteiger partial charge on any atom is -0.482 e. The van der Waals surface area contributed by atoms with Crippen LogP contribution in [0.15, 0.2) is 42.5 Å². The van der Waals surface area contributed by atoms with Gasteiger partial charge in [0.2, 0.25) is 6.79 Å². The van der Waals surface area contributed by atoms with Crippen molar-refractivity contribution < 1.29 is 41.7 Å². The first-order chi connectivity index (χ1) is 13.3. The third-order valence-electron chi connectivity index (χ3n) is 3.54. The predicted molar refractivity (Wildman–Crippen MR) is 89.1 cm³/mol. The molecule has 0 aliphatic carbocycles. The number of rotatable bonds is 6. The predicted octanol–water partition coefficient (Wildman–Crippen LogP) is 2.99. The Balaban J connectivity index is 1.43. The van der Waals surface area contributed by atoms with Gasteiger partial charge in [-0.2, -0.15) is 13.2 Å². The Morgan fingerprint density at radius 2 is 1.82 bits per heavy atom. The second-order valence-electron chi connectivity index (χ2n) is 5.59. The van der Waals surface area contributed by atoms with Gasteiger partial charge in [0, 0.05) is 11.8 Å². The number of fused-ring (bicyclic) bond motifs is 1. The van der Waals surface area contributed by atoms with E-state index in [4.69, 9.17) is 18.9 Å². The maximum absolute atomic E-state index is 12.6. The highest BCUT2D eigenvalue weighted by Gasteiger charge is 2.30. The topological polar surface area (TPSA) is 83.1 Å². The van der Waals surface area contributed by atoms with E-state index < -0.39 is 36.8 Å². The van der Waals surface area contributed by atoms with Crippen molar-refractivity contribution in [2.24, 2.45) is 0 Å². The van der Waals surface area contributed by atoms with Gasteiger partial charge in [0.1, 0.15) is 5.75 Å². The highest BCUT2D eigenvalue weighted by Crippen LogP contribution is 2.34. The molecule has 148 valence electrons. The molecule has 1 amide bonds. The van der Waals surface area contributed by atoms with Crippen LogP contribution in [0.5, 0.6) is 17.2 Å². The Morgan fingerprint density at radius 1 is 1.04 bits per heavy atom. The van der Waals surface area contributed by atoms with E-state index in [1.165, 1.54) is 6.07 Å². The molecule has 0 fully saturated rings. The minimum atomic E-state index is -4.52. The maximum Gasteiger partial charge on any atom is 0.416 e. The first-order valence-electron chi connectivity index (χ1n) is 7.96. The smallest absolute Gasteiger partial charge is 0.416 e. The second-order valence-corrected chi connectivity index (χ2v) is 5.59. The van der Waals surface area contributed by atoms with Gasteiger partial charge in [-0.05, 0) is 30.3 Å². The molecule has 0 saturated carbocycles. The number of halogens is 3. The van der Waals surface area contributed by atoms with Crippen molar-refractivity contribution in [2.75, 3.05) is 25.3 Å². The van der Waals surface area contributed by atoms with Crippen LogP contribution in [0.2, 0.25) is 0 Å². The zero-order chi connectivity index (χ0) is 20.1. The molecule has 2 aromatic rings. The molecule has 1 heterocycles. The third-order valence-corrected chi connectivity index (χ3v) is 3.54. The average molecular weight is 397 g/mol. The fraction of sp³-hybridized carbons (Fsp3) is 0.222. The number of alkyl halides is 3. The molecule has 3 rings (SSSR count). The van der Waals surface area contributed by atoms with E-state index in [1.807, 2.05) is 0 Å². The van der Waals surface area contributed by atoms with Crippen molar-refractivity contribution in [2.45, 2.75) is 6.18 Å². The van der Waals surface area contributed by atoms with Crippen LogP contribution < -0.4 is 19.5 Å². The van der Waals surface area contributed by atoms with E-state index in [0.717, 1.165) is 18.2 Å². The van der Waals surface area contributed by atoms with Crippen molar-refractivity contribution in [3.8, 4) is 17.2 Å². The Morgan fingerprint density at radius 3 is 2.61 bits per heavy atom. The van der Waals surface area contributed by atoms with Crippen molar-refractivity contribution in [3.05, 3.63) is 48.0 Å². The lowest BCUT2D eigenvalue weighted by Crippen LogP contribution is -2.23. The molecule has 1 aliphatic heterocycles. The number of anilines is 1. The number of benzene rings is 2. The summed E-state index contributed by atoms with van der Waals surface area (Å²) in [7, 11) is 0. The molecule has 0 aromatic heterocycles. The van der Waals surface area contributed by atoms with Crippen LogP contribution in [0.1, 0.15) is 5.56 Å². The SMILES string of the molecule is O=C(COC(=O)COc1cccc(C(F)(F)F)c1)Nc1ccc2c(c1)OCO2. The van der Waals surface area contributed by atoms with E-state index in [0.29, 0.717) is 17.2 Å². The molecule has 10 heteroatoms. The molecule has 0 bridgehead atoms. The summed E-state index contributed by atoms with van der Waals surface area (Å²) < 4.78 is 57.9. The van der Waals surface area contributed by atoms with Gasteiger partial charge < -0.3 is 24.3 Å². The van der Waals surface area contributed by atoms with Crippen LogP contribution in [0.4, 0.5) is 18.9 Å². The molecule has 2 aromatic carbocycles. The molecule has 0 unspecified atom stereocenters. The maximum atomic E-state index is 12.6. The van der Waals surface area contributed by atoms with Crippen LogP contribution in [0, 0.1) is 0 Å². The summed E-state index contributed by atoms with van der Waals surface area (Å²) in [6.07, 6.45) is -4.52. The first-order valence-corrected chi connectivity index (χ1v) is 7.96. The van der Waals surface area contributed by atoms with Gasteiger partial charge in [0.05, 0.1) is 5.56 Å². The number of hydrogen-bond donors (Lipinski definition) is 1. The summed E-state index contributed by atoms with van der Waals surface area (Å²) in [6, 6.07) is 8.83. The molecule has 0 spiro atoms. The molecular weight excluding hydrogens is 383 g/mol. The van der Waals surface area contributed by atoms with Crippen LogP contribution in [-0.2, 0) is 20.5 Å². The highest BCUT2D eigenvalue weighted by molar-refractivity contribution is 5.93. The largest absolute Gasteiger partial charge is 0.482 e. The third kappa shape index (κ3) is 5.06. The quantitative estimate of drug-likeness (QED) is 0.755. The normalized spacial score (nSPS) is 12.4. The number of nitrogens with one attached hydrogen (secondary N) is 1. The lowest BCUT2D eigenvalue weighted by molar-refractivity contribution is -0.149. The van der Waals surface area contributed by atoms with E-state index in [-0.39, 0.29) is 12.5 Å². The molecule has 0 saturated heterocycles. The van der Waals surface area contributed by atoms with Gasteiger partial charge in [0.25, 0.3) is 5.91 Å². The van der Waals surface area contributed by atoms with Crippen LogP contribution in [0.3, 0.4) is 0 Å². The Kier molecular flexibility index (Phi) is 5.57. The number of carbonyl (C=O) groups excluding carboxylic acids is 2. The van der Waals surface area contributed by atoms with E-state index in [9.17, 15) is 22.8 Å². The Bertz CT molecular complexity index is 884. The van der Waals surface area contributed by atoms with E-state index >= 15 is 0 Å². The van der Waals surface area contributed by atoms with Crippen LogP contribution in [0.25, 0.3) is 0 Å². The second kappa shape index (κ2) is 8.07. The first kappa shape index (κ1) is 19.3. The molecule has 7 nitrogen and oxygen atoms in total. The molecule has 0 radical (unpaired) electrons. The molecule has 1 N–H and O–H groups in total. The summed E-state index contributed by atoms with van der Waals surface area (Å²) in [5.41, 5.74) is -0.480. The number of carbonyl (C=O) groups is 2. The van der Waals surface area contributed by atoms with Gasteiger partial charge in [0.15, 0.2) is 24.7 Å². The fourth-order valence-corrected chi connectivity index (χ4v) is 2.26. The minimum absolute atomic E-state index is 0.0935.